The third kappa shape index (κ3) is 104. The van der Waals surface area contributed by atoms with Crippen LogP contribution in [0.15, 0.2) is 0 Å². The van der Waals surface area contributed by atoms with E-state index >= 15 is 0 Å². The van der Waals surface area contributed by atoms with E-state index in [0.29, 0.717) is 0 Å². The molecule has 0 radical (unpaired) electrons. The maximum atomic E-state index is 7.56. The molecule has 6 N–H and O–H groups in total. The predicted octanol–water partition coefficient (Wildman–Crippen LogP) is 8.23. The van der Waals surface area contributed by atoms with Crippen LogP contribution in [0.4, 0.5) is 0 Å². The summed E-state index contributed by atoms with van der Waals surface area (Å²) in [5, 5.41) is 0. The smallest absolute Gasteiger partial charge is 0.319 e. The summed E-state index contributed by atoms with van der Waals surface area (Å²) in [6.45, 7) is 1.50. The molecule has 0 unspecified atom stereocenters. The second-order valence-electron chi connectivity index (χ2n) is 8.68. The van der Waals surface area contributed by atoms with Crippen LogP contribution in [0.1, 0.15) is 156 Å². The van der Waals surface area contributed by atoms with Gasteiger partial charge in [-0.25, -0.2) is 0 Å². The molecule has 0 aromatic rings. The molecule has 6 nitrogen and oxygen atoms in total. The van der Waals surface area contributed by atoms with Crippen LogP contribution in [0, 0.1) is 0 Å². The molecule has 0 rings (SSSR count). The standard InChI is InChI=1S/2C12H26.2H3O3PS.Zn/c2*1-3-5-7-9-11-12-10-8-6-4-2;2*1-4(2,3)5;/h2*3-12H2,1-2H3;2*(H3,1,2,3,5);. The molecule has 0 saturated heterocycles. The maximum Gasteiger partial charge on any atom is 0.319 e. The van der Waals surface area contributed by atoms with Gasteiger partial charge in [-0.1, -0.05) is 156 Å². The normalized spacial score (nSPS) is 10.6. The van der Waals surface area contributed by atoms with Crippen molar-refractivity contribution in [3.8, 4) is 0 Å². The summed E-state index contributed by atoms with van der Waals surface area (Å²) < 4.78 is 0. The molecule has 214 valence electrons. The summed E-state index contributed by atoms with van der Waals surface area (Å²) in [4.78, 5) is 45.3. The van der Waals surface area contributed by atoms with Gasteiger partial charge in [-0.2, -0.15) is 0 Å². The maximum absolute atomic E-state index is 7.56. The van der Waals surface area contributed by atoms with Crippen molar-refractivity contribution >= 4 is 37.1 Å². The molecule has 0 aromatic carbocycles. The van der Waals surface area contributed by atoms with Crippen molar-refractivity contribution < 1.29 is 48.8 Å². The first-order chi connectivity index (χ1) is 15.8. The van der Waals surface area contributed by atoms with Gasteiger partial charge in [0.25, 0.3) is 0 Å². The van der Waals surface area contributed by atoms with Gasteiger partial charge < -0.3 is 29.4 Å². The number of hydrogen-bond acceptors (Lipinski definition) is 2. The first-order valence-corrected chi connectivity index (χ1v) is 18.7. The van der Waals surface area contributed by atoms with Crippen LogP contribution in [0.5, 0.6) is 0 Å². The van der Waals surface area contributed by atoms with Gasteiger partial charge in [0.1, 0.15) is 0 Å². The number of unbranched alkanes of at least 4 members (excludes halogenated alkanes) is 18. The van der Waals surface area contributed by atoms with Gasteiger partial charge in [-0.05, 0) is 23.6 Å². The van der Waals surface area contributed by atoms with Gasteiger partial charge in [0.2, 0.25) is 0 Å². The Balaban J connectivity index is -0.000000122. The molecule has 35 heavy (non-hydrogen) atoms. The fraction of sp³-hybridized carbons (Fsp3) is 1.00. The Labute approximate surface area is 241 Å². The molecule has 0 aliphatic carbocycles. The van der Waals surface area contributed by atoms with E-state index in [1.807, 2.05) is 0 Å². The second-order valence-corrected chi connectivity index (χ2v) is 13.7. The zero-order valence-corrected chi connectivity index (χ0v) is 29.6. The first-order valence-electron chi connectivity index (χ1n) is 13.4. The van der Waals surface area contributed by atoms with Crippen molar-refractivity contribution in [1.29, 1.82) is 0 Å². The van der Waals surface area contributed by atoms with Gasteiger partial charge in [0.05, 0.1) is 0 Å². The molecular formula is C24H58O6P2S2Zn. The topological polar surface area (TPSA) is 121 Å². The molecule has 0 heterocycles. The van der Waals surface area contributed by atoms with E-state index in [9.17, 15) is 0 Å². The fourth-order valence-corrected chi connectivity index (χ4v) is 3.12. The zero-order valence-electron chi connectivity index (χ0n) is 23.2. The van der Waals surface area contributed by atoms with Gasteiger partial charge >= 0.3 is 13.4 Å². The molecule has 0 bridgehead atoms. The first kappa shape index (κ1) is 46.5. The van der Waals surface area contributed by atoms with Gasteiger partial charge in [0.15, 0.2) is 0 Å². The molecular weight excluding hydrogens is 576 g/mol. The minimum Gasteiger partial charge on any atom is -0.325 e. The second kappa shape index (κ2) is 37.8. The largest absolute Gasteiger partial charge is 0.325 e. The van der Waals surface area contributed by atoms with Crippen LogP contribution < -0.4 is 0 Å². The molecule has 0 atom stereocenters. The Bertz CT molecular complexity index is 375. The van der Waals surface area contributed by atoms with E-state index in [1.54, 1.807) is 0 Å². The molecule has 0 spiro atoms. The molecule has 0 aliphatic heterocycles. The van der Waals surface area contributed by atoms with E-state index in [2.05, 4.69) is 51.3 Å². The van der Waals surface area contributed by atoms with E-state index < -0.39 is 13.4 Å². The summed E-state index contributed by atoms with van der Waals surface area (Å²) in [6.07, 6.45) is 28.9. The third-order valence-electron chi connectivity index (χ3n) is 4.91. The van der Waals surface area contributed by atoms with Crippen molar-refractivity contribution in [3.63, 3.8) is 0 Å². The number of rotatable bonds is 18. The van der Waals surface area contributed by atoms with E-state index in [1.165, 1.54) is 128 Å². The van der Waals surface area contributed by atoms with Crippen molar-refractivity contribution in [2.45, 2.75) is 156 Å². The van der Waals surface area contributed by atoms with Gasteiger partial charge in [-0.15, -0.1) is 0 Å². The Morgan fingerprint density at radius 3 is 0.514 bits per heavy atom. The molecule has 0 amide bonds. The van der Waals surface area contributed by atoms with Crippen LogP contribution in [-0.4, -0.2) is 29.4 Å². The Kier molecular flexibility index (Phi) is 50.3. The Morgan fingerprint density at radius 1 is 0.343 bits per heavy atom. The van der Waals surface area contributed by atoms with E-state index in [4.69, 9.17) is 29.4 Å². The van der Waals surface area contributed by atoms with Crippen molar-refractivity contribution in [1.82, 2.24) is 0 Å². The molecule has 0 fully saturated rings. The van der Waals surface area contributed by atoms with Crippen LogP contribution in [-0.2, 0) is 43.1 Å². The van der Waals surface area contributed by atoms with Crippen LogP contribution in [0.3, 0.4) is 0 Å². The predicted molar refractivity (Wildman–Crippen MR) is 157 cm³/mol. The molecule has 0 aromatic heterocycles. The summed E-state index contributed by atoms with van der Waals surface area (Å²) in [5.74, 6) is 0. The Morgan fingerprint density at radius 2 is 0.429 bits per heavy atom. The van der Waals surface area contributed by atoms with Crippen molar-refractivity contribution in [3.05, 3.63) is 0 Å². The summed E-state index contributed by atoms with van der Waals surface area (Å²) in [6, 6.07) is 0. The van der Waals surface area contributed by atoms with Crippen molar-refractivity contribution in [2.75, 3.05) is 0 Å². The fourth-order valence-electron chi connectivity index (χ4n) is 3.12. The number of hydrogen-bond donors (Lipinski definition) is 6. The third-order valence-corrected chi connectivity index (χ3v) is 4.91. The SMILES string of the molecule is CCCCCCCCCCCC.CCCCCCCCCCCC.OP(O)(O)=S.OP(O)(O)=S.[Zn]. The van der Waals surface area contributed by atoms with Crippen LogP contribution in [0.25, 0.3) is 0 Å². The minimum absolute atomic E-state index is 0. The van der Waals surface area contributed by atoms with Crippen LogP contribution in [0.2, 0.25) is 0 Å². The van der Waals surface area contributed by atoms with Crippen molar-refractivity contribution in [2.24, 2.45) is 0 Å². The average molecular weight is 634 g/mol. The van der Waals surface area contributed by atoms with Crippen LogP contribution >= 0.6 is 13.4 Å². The average Bonchev–Trinajstić information content (AvgIpc) is 2.70. The molecule has 0 saturated carbocycles. The Hall–Kier alpha value is 1.68. The zero-order chi connectivity index (χ0) is 27.1. The minimum atomic E-state index is -3.81. The summed E-state index contributed by atoms with van der Waals surface area (Å²) in [5.41, 5.74) is 0. The monoisotopic (exact) mass is 632 g/mol. The van der Waals surface area contributed by atoms with E-state index in [0.717, 1.165) is 0 Å². The summed E-state index contributed by atoms with van der Waals surface area (Å²) >= 11 is 7.21. The molecule has 11 heteroatoms. The molecule has 0 aliphatic rings. The summed E-state index contributed by atoms with van der Waals surface area (Å²) in [7, 11) is 0. The van der Waals surface area contributed by atoms with Gasteiger partial charge in [-0.3, -0.25) is 0 Å². The van der Waals surface area contributed by atoms with E-state index in [-0.39, 0.29) is 19.5 Å². The quantitative estimate of drug-likeness (QED) is 0.0507. The van der Waals surface area contributed by atoms with Gasteiger partial charge in [0, 0.05) is 19.5 Å².